The molecule has 0 aromatic carbocycles. The van der Waals surface area contributed by atoms with Gasteiger partial charge in [0.2, 0.25) is 0 Å². The summed E-state index contributed by atoms with van der Waals surface area (Å²) in [6.07, 6.45) is 5.69. The molecule has 1 aromatic rings. The van der Waals surface area contributed by atoms with Crippen LogP contribution in [0.15, 0.2) is 17.2 Å². The highest BCUT2D eigenvalue weighted by molar-refractivity contribution is 5.31. The van der Waals surface area contributed by atoms with Crippen LogP contribution in [0.5, 0.6) is 0 Å². The van der Waals surface area contributed by atoms with E-state index in [4.69, 9.17) is 0 Å². The van der Waals surface area contributed by atoms with Gasteiger partial charge in [-0.25, -0.2) is 4.98 Å². The van der Waals surface area contributed by atoms with Gasteiger partial charge in [0, 0.05) is 31.5 Å². The van der Waals surface area contributed by atoms with Crippen molar-refractivity contribution in [3.8, 4) is 0 Å². The van der Waals surface area contributed by atoms with Gasteiger partial charge in [0.05, 0.1) is 0 Å². The number of hydrogen-bond acceptors (Lipinski definition) is 4. The van der Waals surface area contributed by atoms with E-state index in [-0.39, 0.29) is 5.56 Å². The van der Waals surface area contributed by atoms with Crippen molar-refractivity contribution in [3.05, 3.63) is 22.7 Å². The SMILES string of the molecule is CN(C)CCNc1nccn(C2CC2)c1=O. The van der Waals surface area contributed by atoms with Crippen LogP contribution in [0.1, 0.15) is 18.9 Å². The molecule has 0 atom stereocenters. The number of nitrogens with one attached hydrogen (secondary N) is 1. The summed E-state index contributed by atoms with van der Waals surface area (Å²) in [5, 5.41) is 3.08. The molecule has 1 aromatic heterocycles. The molecule has 5 heteroatoms. The lowest BCUT2D eigenvalue weighted by Crippen LogP contribution is -2.27. The molecule has 0 unspecified atom stereocenters. The molecule has 0 saturated heterocycles. The van der Waals surface area contributed by atoms with Gasteiger partial charge in [0.1, 0.15) is 0 Å². The van der Waals surface area contributed by atoms with E-state index in [1.165, 1.54) is 0 Å². The van der Waals surface area contributed by atoms with Crippen molar-refractivity contribution < 1.29 is 0 Å². The van der Waals surface area contributed by atoms with Gasteiger partial charge in [0.25, 0.3) is 5.56 Å². The normalized spacial score (nSPS) is 15.4. The van der Waals surface area contributed by atoms with Crippen LogP contribution in [-0.2, 0) is 0 Å². The summed E-state index contributed by atoms with van der Waals surface area (Å²) in [5.74, 6) is 0.469. The zero-order valence-corrected chi connectivity index (χ0v) is 9.81. The van der Waals surface area contributed by atoms with Crippen molar-refractivity contribution >= 4 is 5.82 Å². The molecule has 1 saturated carbocycles. The fraction of sp³-hybridized carbons (Fsp3) is 0.636. The average molecular weight is 222 g/mol. The summed E-state index contributed by atoms with van der Waals surface area (Å²) in [6.45, 7) is 1.63. The number of nitrogens with zero attached hydrogens (tertiary/aromatic N) is 3. The van der Waals surface area contributed by atoms with Crippen LogP contribution in [0.4, 0.5) is 5.82 Å². The molecular formula is C11H18N4O. The Bertz CT molecular complexity index is 409. The van der Waals surface area contributed by atoms with Gasteiger partial charge in [-0.15, -0.1) is 0 Å². The maximum Gasteiger partial charge on any atom is 0.293 e. The van der Waals surface area contributed by atoms with Crippen molar-refractivity contribution in [3.63, 3.8) is 0 Å². The molecule has 0 amide bonds. The summed E-state index contributed by atoms with van der Waals surface area (Å²) in [6, 6.07) is 0.407. The number of anilines is 1. The molecule has 88 valence electrons. The van der Waals surface area contributed by atoms with E-state index >= 15 is 0 Å². The lowest BCUT2D eigenvalue weighted by atomic mass is 10.5. The van der Waals surface area contributed by atoms with Gasteiger partial charge in [-0.2, -0.15) is 0 Å². The molecule has 5 nitrogen and oxygen atoms in total. The predicted octanol–water partition coefficient (Wildman–Crippen LogP) is 0.552. The first kappa shape index (κ1) is 11.1. The molecule has 2 rings (SSSR count). The third kappa shape index (κ3) is 2.61. The number of rotatable bonds is 5. The summed E-state index contributed by atoms with van der Waals surface area (Å²) in [7, 11) is 4.01. The van der Waals surface area contributed by atoms with Crippen molar-refractivity contribution in [1.82, 2.24) is 14.5 Å². The molecular weight excluding hydrogens is 204 g/mol. The van der Waals surface area contributed by atoms with Gasteiger partial charge in [-0.05, 0) is 26.9 Å². The lowest BCUT2D eigenvalue weighted by molar-refractivity contribution is 0.425. The number of hydrogen-bond donors (Lipinski definition) is 1. The van der Waals surface area contributed by atoms with E-state index < -0.39 is 0 Å². The zero-order valence-electron chi connectivity index (χ0n) is 9.81. The molecule has 0 radical (unpaired) electrons. The first-order valence-corrected chi connectivity index (χ1v) is 5.64. The molecule has 0 bridgehead atoms. The zero-order chi connectivity index (χ0) is 11.5. The Morgan fingerprint density at radius 3 is 2.94 bits per heavy atom. The second-order valence-corrected chi connectivity index (χ2v) is 4.45. The molecule has 16 heavy (non-hydrogen) atoms. The van der Waals surface area contributed by atoms with Crippen LogP contribution < -0.4 is 10.9 Å². The monoisotopic (exact) mass is 222 g/mol. The van der Waals surface area contributed by atoms with Crippen LogP contribution in [0.3, 0.4) is 0 Å². The lowest BCUT2D eigenvalue weighted by Gasteiger charge is -2.11. The quantitative estimate of drug-likeness (QED) is 0.790. The van der Waals surface area contributed by atoms with Crippen molar-refractivity contribution in [1.29, 1.82) is 0 Å². The Morgan fingerprint density at radius 1 is 1.56 bits per heavy atom. The summed E-state index contributed by atoms with van der Waals surface area (Å²) in [4.78, 5) is 18.1. The maximum absolute atomic E-state index is 12.0. The highest BCUT2D eigenvalue weighted by Crippen LogP contribution is 2.33. The summed E-state index contributed by atoms with van der Waals surface area (Å²) < 4.78 is 1.78. The van der Waals surface area contributed by atoms with E-state index in [1.807, 2.05) is 14.1 Å². The third-order valence-electron chi connectivity index (χ3n) is 2.66. The average Bonchev–Trinajstić information content (AvgIpc) is 3.04. The second kappa shape index (κ2) is 4.65. The van der Waals surface area contributed by atoms with Crippen LogP contribution in [-0.4, -0.2) is 41.6 Å². The van der Waals surface area contributed by atoms with Crippen LogP contribution >= 0.6 is 0 Å². The van der Waals surface area contributed by atoms with Gasteiger partial charge in [-0.3, -0.25) is 4.79 Å². The smallest absolute Gasteiger partial charge is 0.293 e. The molecule has 1 aliphatic carbocycles. The van der Waals surface area contributed by atoms with Crippen molar-refractivity contribution in [2.75, 3.05) is 32.5 Å². The number of aromatic nitrogens is 2. The van der Waals surface area contributed by atoms with Crippen molar-refractivity contribution in [2.24, 2.45) is 0 Å². The summed E-state index contributed by atoms with van der Waals surface area (Å²) in [5.41, 5.74) is 0.00348. The van der Waals surface area contributed by atoms with E-state index in [0.717, 1.165) is 25.9 Å². The predicted molar refractivity (Wildman–Crippen MR) is 63.8 cm³/mol. The maximum atomic E-state index is 12.0. The topological polar surface area (TPSA) is 50.2 Å². The van der Waals surface area contributed by atoms with E-state index in [2.05, 4.69) is 15.2 Å². The minimum absolute atomic E-state index is 0.00348. The minimum Gasteiger partial charge on any atom is -0.364 e. The largest absolute Gasteiger partial charge is 0.364 e. The van der Waals surface area contributed by atoms with Gasteiger partial charge in [0.15, 0.2) is 5.82 Å². The Balaban J connectivity index is 2.03. The Labute approximate surface area is 95.1 Å². The summed E-state index contributed by atoms with van der Waals surface area (Å²) >= 11 is 0. The highest BCUT2D eigenvalue weighted by Gasteiger charge is 2.25. The van der Waals surface area contributed by atoms with Crippen LogP contribution in [0.2, 0.25) is 0 Å². The van der Waals surface area contributed by atoms with E-state index in [9.17, 15) is 4.79 Å². The fourth-order valence-electron chi connectivity index (χ4n) is 1.58. The second-order valence-electron chi connectivity index (χ2n) is 4.45. The Hall–Kier alpha value is -1.36. The first-order chi connectivity index (χ1) is 7.68. The molecule has 1 aliphatic rings. The Kier molecular flexibility index (Phi) is 3.24. The van der Waals surface area contributed by atoms with E-state index in [1.54, 1.807) is 17.0 Å². The van der Waals surface area contributed by atoms with Crippen LogP contribution in [0, 0.1) is 0 Å². The standard InChI is InChI=1S/C11H18N4O/c1-14(2)7-5-12-10-11(16)15(8-6-13-10)9-3-4-9/h6,8-9H,3-5,7H2,1-2H3,(H,12,13). The highest BCUT2D eigenvalue weighted by atomic mass is 16.1. The molecule has 0 aliphatic heterocycles. The van der Waals surface area contributed by atoms with Gasteiger partial charge >= 0.3 is 0 Å². The van der Waals surface area contributed by atoms with Crippen LogP contribution in [0.25, 0.3) is 0 Å². The first-order valence-electron chi connectivity index (χ1n) is 5.64. The minimum atomic E-state index is 0.00348. The van der Waals surface area contributed by atoms with Gasteiger partial charge in [-0.1, -0.05) is 0 Å². The third-order valence-corrected chi connectivity index (χ3v) is 2.66. The molecule has 1 N–H and O–H groups in total. The molecule has 0 spiro atoms. The molecule has 1 fully saturated rings. The molecule has 1 heterocycles. The fourth-order valence-corrected chi connectivity index (χ4v) is 1.58. The number of likely N-dealkylation sites (N-methyl/N-ethyl adjacent to an activating group) is 1. The van der Waals surface area contributed by atoms with Gasteiger partial charge < -0.3 is 14.8 Å². The van der Waals surface area contributed by atoms with Crippen molar-refractivity contribution in [2.45, 2.75) is 18.9 Å². The Morgan fingerprint density at radius 2 is 2.31 bits per heavy atom. The van der Waals surface area contributed by atoms with E-state index in [0.29, 0.717) is 11.9 Å².